The van der Waals surface area contributed by atoms with E-state index < -0.39 is 0 Å². The number of nitrogens with one attached hydrogen (secondary N) is 1. The van der Waals surface area contributed by atoms with Gasteiger partial charge in [-0.15, -0.1) is 0 Å². The lowest BCUT2D eigenvalue weighted by atomic mass is 9.85. The van der Waals surface area contributed by atoms with Gasteiger partial charge in [-0.2, -0.15) is 0 Å². The molecule has 0 heterocycles. The standard InChI is InChI=1S/C18H20N2S/c1-18(2,3)16(14-10-6-4-7-11-14)20-17(21)19-15-12-8-5-9-13-15/h4-13H,1-3H3,(H,19,21). The summed E-state index contributed by atoms with van der Waals surface area (Å²) in [5, 5.41) is 3.64. The Kier molecular flexibility index (Phi) is 4.86. The fourth-order valence-electron chi connectivity index (χ4n) is 2.04. The SMILES string of the molecule is CC(C)(C)C(=NC(=S)Nc1ccccc1)c1ccccc1. The number of thiocarbonyl (C=S) groups is 1. The quantitative estimate of drug-likeness (QED) is 0.628. The van der Waals surface area contributed by atoms with E-state index in [-0.39, 0.29) is 5.41 Å². The van der Waals surface area contributed by atoms with Crippen LogP contribution in [0.25, 0.3) is 0 Å². The van der Waals surface area contributed by atoms with Crippen LogP contribution in [0.15, 0.2) is 65.7 Å². The Balaban J connectivity index is 2.27. The molecular weight excluding hydrogens is 276 g/mol. The lowest BCUT2D eigenvalue weighted by Crippen LogP contribution is -2.24. The van der Waals surface area contributed by atoms with Gasteiger partial charge in [0.2, 0.25) is 0 Å². The van der Waals surface area contributed by atoms with Gasteiger partial charge in [0.1, 0.15) is 0 Å². The molecule has 2 aromatic rings. The van der Waals surface area contributed by atoms with Crippen LogP contribution < -0.4 is 5.32 Å². The van der Waals surface area contributed by atoms with Crippen LogP contribution in [0.2, 0.25) is 0 Å². The first kappa shape index (κ1) is 15.4. The fraction of sp³-hybridized carbons (Fsp3) is 0.222. The largest absolute Gasteiger partial charge is 0.331 e. The van der Waals surface area contributed by atoms with Gasteiger partial charge in [-0.1, -0.05) is 69.3 Å². The number of hydrogen-bond acceptors (Lipinski definition) is 1. The van der Waals surface area contributed by atoms with E-state index in [4.69, 9.17) is 12.2 Å². The molecule has 0 aromatic heterocycles. The van der Waals surface area contributed by atoms with E-state index in [1.807, 2.05) is 48.5 Å². The predicted molar refractivity (Wildman–Crippen MR) is 95.1 cm³/mol. The molecule has 0 unspecified atom stereocenters. The third-order valence-electron chi connectivity index (χ3n) is 3.00. The molecule has 0 amide bonds. The van der Waals surface area contributed by atoms with E-state index in [2.05, 4.69) is 43.2 Å². The molecule has 0 aliphatic heterocycles. The van der Waals surface area contributed by atoms with E-state index in [0.717, 1.165) is 17.0 Å². The third-order valence-corrected chi connectivity index (χ3v) is 3.19. The number of benzene rings is 2. The minimum absolute atomic E-state index is 0.0796. The Morgan fingerprint density at radius 1 is 0.905 bits per heavy atom. The Labute approximate surface area is 131 Å². The summed E-state index contributed by atoms with van der Waals surface area (Å²) < 4.78 is 0. The van der Waals surface area contributed by atoms with Gasteiger partial charge in [0.15, 0.2) is 5.11 Å². The van der Waals surface area contributed by atoms with Gasteiger partial charge < -0.3 is 5.32 Å². The van der Waals surface area contributed by atoms with Crippen molar-refractivity contribution in [3.05, 3.63) is 66.2 Å². The minimum atomic E-state index is -0.0796. The Morgan fingerprint density at radius 2 is 1.43 bits per heavy atom. The van der Waals surface area contributed by atoms with Crippen molar-refractivity contribution in [3.8, 4) is 0 Å². The lowest BCUT2D eigenvalue weighted by Gasteiger charge is -2.22. The van der Waals surface area contributed by atoms with Crippen LogP contribution in [-0.4, -0.2) is 10.8 Å². The fourth-order valence-corrected chi connectivity index (χ4v) is 2.24. The zero-order valence-corrected chi connectivity index (χ0v) is 13.4. The second kappa shape index (κ2) is 6.64. The average molecular weight is 296 g/mol. The molecule has 0 fully saturated rings. The molecule has 108 valence electrons. The van der Waals surface area contributed by atoms with Gasteiger partial charge in [-0.3, -0.25) is 0 Å². The molecule has 2 rings (SSSR count). The molecule has 3 heteroatoms. The normalized spacial score (nSPS) is 12.0. The van der Waals surface area contributed by atoms with Crippen LogP contribution >= 0.6 is 12.2 Å². The molecule has 0 aliphatic rings. The molecule has 0 saturated carbocycles. The summed E-state index contributed by atoms with van der Waals surface area (Å²) in [6.07, 6.45) is 0. The molecule has 0 bridgehead atoms. The zero-order chi connectivity index (χ0) is 15.3. The highest BCUT2D eigenvalue weighted by atomic mass is 32.1. The summed E-state index contributed by atoms with van der Waals surface area (Å²) in [6.45, 7) is 6.43. The van der Waals surface area contributed by atoms with Gasteiger partial charge >= 0.3 is 0 Å². The van der Waals surface area contributed by atoms with E-state index in [1.54, 1.807) is 0 Å². The van der Waals surface area contributed by atoms with Crippen LogP contribution in [0.1, 0.15) is 26.3 Å². The number of rotatable bonds is 2. The topological polar surface area (TPSA) is 24.4 Å². The van der Waals surface area contributed by atoms with Gasteiger partial charge in [0, 0.05) is 11.1 Å². The number of hydrogen-bond donors (Lipinski definition) is 1. The number of para-hydroxylation sites is 1. The summed E-state index contributed by atoms with van der Waals surface area (Å²) in [5.41, 5.74) is 2.95. The zero-order valence-electron chi connectivity index (χ0n) is 12.6. The Bertz CT molecular complexity index is 625. The van der Waals surface area contributed by atoms with Gasteiger partial charge in [-0.05, 0) is 29.9 Å². The lowest BCUT2D eigenvalue weighted by molar-refractivity contribution is 0.593. The summed E-state index contributed by atoms with van der Waals surface area (Å²) in [4.78, 5) is 4.65. The van der Waals surface area contributed by atoms with Gasteiger partial charge in [-0.25, -0.2) is 4.99 Å². The van der Waals surface area contributed by atoms with E-state index in [0.29, 0.717) is 5.11 Å². The van der Waals surface area contributed by atoms with Crippen molar-refractivity contribution in [2.75, 3.05) is 5.32 Å². The van der Waals surface area contributed by atoms with Gasteiger partial charge in [0.05, 0.1) is 5.71 Å². The van der Waals surface area contributed by atoms with Crippen molar-refractivity contribution in [1.82, 2.24) is 0 Å². The Morgan fingerprint density at radius 3 is 1.95 bits per heavy atom. The average Bonchev–Trinajstić information content (AvgIpc) is 2.45. The maximum Gasteiger partial charge on any atom is 0.197 e. The van der Waals surface area contributed by atoms with Gasteiger partial charge in [0.25, 0.3) is 0 Å². The van der Waals surface area contributed by atoms with Crippen LogP contribution in [0, 0.1) is 5.41 Å². The summed E-state index contributed by atoms with van der Waals surface area (Å²) in [5.74, 6) is 0. The molecule has 2 aromatic carbocycles. The first-order valence-electron chi connectivity index (χ1n) is 6.97. The van der Waals surface area contributed by atoms with Crippen molar-refractivity contribution in [3.63, 3.8) is 0 Å². The smallest absolute Gasteiger partial charge is 0.197 e. The number of aliphatic imine (C=N–C) groups is 1. The maximum atomic E-state index is 5.38. The highest BCUT2D eigenvalue weighted by Crippen LogP contribution is 2.22. The Hall–Kier alpha value is -2.00. The highest BCUT2D eigenvalue weighted by molar-refractivity contribution is 7.80. The van der Waals surface area contributed by atoms with Crippen LogP contribution in [0.3, 0.4) is 0 Å². The molecule has 1 N–H and O–H groups in total. The molecule has 0 aliphatic carbocycles. The maximum absolute atomic E-state index is 5.38. The molecule has 0 atom stereocenters. The van der Waals surface area contributed by atoms with Crippen molar-refractivity contribution in [2.45, 2.75) is 20.8 Å². The number of anilines is 1. The second-order valence-electron chi connectivity index (χ2n) is 5.87. The van der Waals surface area contributed by atoms with E-state index >= 15 is 0 Å². The van der Waals surface area contributed by atoms with Crippen molar-refractivity contribution in [2.24, 2.45) is 10.4 Å². The first-order valence-corrected chi connectivity index (χ1v) is 7.38. The van der Waals surface area contributed by atoms with Crippen molar-refractivity contribution < 1.29 is 0 Å². The summed E-state index contributed by atoms with van der Waals surface area (Å²) >= 11 is 5.38. The molecule has 21 heavy (non-hydrogen) atoms. The molecular formula is C18H20N2S. The molecule has 2 nitrogen and oxygen atoms in total. The number of nitrogens with zero attached hydrogens (tertiary/aromatic N) is 1. The second-order valence-corrected chi connectivity index (χ2v) is 6.26. The van der Waals surface area contributed by atoms with Crippen LogP contribution in [0.5, 0.6) is 0 Å². The van der Waals surface area contributed by atoms with Crippen molar-refractivity contribution in [1.29, 1.82) is 0 Å². The molecule has 0 spiro atoms. The molecule has 0 radical (unpaired) electrons. The monoisotopic (exact) mass is 296 g/mol. The summed E-state index contributed by atoms with van der Waals surface area (Å²) in [6, 6.07) is 20.0. The third kappa shape index (κ3) is 4.50. The highest BCUT2D eigenvalue weighted by Gasteiger charge is 2.21. The summed E-state index contributed by atoms with van der Waals surface area (Å²) in [7, 11) is 0. The van der Waals surface area contributed by atoms with Crippen molar-refractivity contribution >= 4 is 28.7 Å². The minimum Gasteiger partial charge on any atom is -0.331 e. The van der Waals surface area contributed by atoms with Crippen LogP contribution in [0.4, 0.5) is 5.69 Å². The first-order chi connectivity index (χ1) is 9.97. The molecule has 0 saturated heterocycles. The van der Waals surface area contributed by atoms with Crippen LogP contribution in [-0.2, 0) is 0 Å². The predicted octanol–water partition coefficient (Wildman–Crippen LogP) is 4.92. The van der Waals surface area contributed by atoms with E-state index in [9.17, 15) is 0 Å². The van der Waals surface area contributed by atoms with E-state index in [1.165, 1.54) is 0 Å².